The lowest BCUT2D eigenvalue weighted by Crippen LogP contribution is -2.38. The molecule has 3 aromatic carbocycles. The fourth-order valence-corrected chi connectivity index (χ4v) is 4.89. The van der Waals surface area contributed by atoms with Crippen molar-refractivity contribution in [3.8, 4) is 11.5 Å². The van der Waals surface area contributed by atoms with Gasteiger partial charge in [0.15, 0.2) is 0 Å². The zero-order valence-electron chi connectivity index (χ0n) is 18.1. The Kier molecular flexibility index (Phi) is 7.88. The highest BCUT2D eigenvalue weighted by Gasteiger charge is 2.29. The molecule has 3 aromatic rings. The van der Waals surface area contributed by atoms with Crippen LogP contribution in [0, 0.1) is 6.92 Å². The summed E-state index contributed by atoms with van der Waals surface area (Å²) in [7, 11) is -1.20. The quantitative estimate of drug-likeness (QED) is 0.411. The number of nitrogens with zero attached hydrogens (tertiary/aromatic N) is 1. The van der Waals surface area contributed by atoms with Gasteiger partial charge in [-0.15, -0.1) is 0 Å². The van der Waals surface area contributed by atoms with E-state index < -0.39 is 22.5 Å². The Morgan fingerprint density at radius 2 is 1.73 bits per heavy atom. The van der Waals surface area contributed by atoms with Crippen molar-refractivity contribution < 1.29 is 22.7 Å². The van der Waals surface area contributed by atoms with E-state index in [4.69, 9.17) is 21.1 Å². The van der Waals surface area contributed by atoms with E-state index in [1.165, 1.54) is 32.4 Å². The summed E-state index contributed by atoms with van der Waals surface area (Å²) in [6, 6.07) is 16.0. The molecule has 0 atom stereocenters. The summed E-state index contributed by atoms with van der Waals surface area (Å²) in [5.41, 5.74) is 1.54. The molecule has 174 valence electrons. The van der Waals surface area contributed by atoms with Gasteiger partial charge in [0.25, 0.3) is 10.0 Å². The van der Waals surface area contributed by atoms with Crippen LogP contribution < -0.4 is 19.1 Å². The molecule has 3 rings (SSSR count). The second kappa shape index (κ2) is 10.5. The molecule has 1 amide bonds. The molecular weight excluding hydrogens is 532 g/mol. The SMILES string of the molecule is COc1ccc(N(CC(=O)Nc2ccc(Br)c(Cl)c2)S(=O)(=O)c2ccc(C)cc2)c(OC)c1. The maximum Gasteiger partial charge on any atom is 0.264 e. The van der Waals surface area contributed by atoms with Gasteiger partial charge in [0.2, 0.25) is 5.91 Å². The maximum absolute atomic E-state index is 13.6. The topological polar surface area (TPSA) is 84.9 Å². The average molecular weight is 554 g/mol. The molecule has 0 unspecified atom stereocenters. The van der Waals surface area contributed by atoms with Crippen LogP contribution in [0.2, 0.25) is 5.02 Å². The molecule has 0 bridgehead atoms. The molecule has 0 aromatic heterocycles. The van der Waals surface area contributed by atoms with Crippen LogP contribution in [-0.2, 0) is 14.8 Å². The van der Waals surface area contributed by atoms with E-state index in [1.807, 2.05) is 6.92 Å². The van der Waals surface area contributed by atoms with Crippen LogP contribution in [0.1, 0.15) is 5.56 Å². The smallest absolute Gasteiger partial charge is 0.264 e. The van der Waals surface area contributed by atoms with Gasteiger partial charge in [-0.25, -0.2) is 8.42 Å². The Balaban J connectivity index is 2.02. The number of amides is 1. The van der Waals surface area contributed by atoms with Gasteiger partial charge in [-0.05, 0) is 65.3 Å². The zero-order chi connectivity index (χ0) is 24.2. The van der Waals surface area contributed by atoms with Gasteiger partial charge >= 0.3 is 0 Å². The maximum atomic E-state index is 13.6. The molecule has 0 radical (unpaired) electrons. The molecule has 33 heavy (non-hydrogen) atoms. The van der Waals surface area contributed by atoms with Crippen molar-refractivity contribution in [1.82, 2.24) is 0 Å². The predicted octanol–water partition coefficient (Wildman–Crippen LogP) is 5.26. The second-order valence-electron chi connectivity index (χ2n) is 7.04. The van der Waals surface area contributed by atoms with Gasteiger partial charge in [0.1, 0.15) is 18.0 Å². The number of hydrogen-bond acceptors (Lipinski definition) is 5. The number of carbonyl (C=O) groups excluding carboxylic acids is 1. The summed E-state index contributed by atoms with van der Waals surface area (Å²) in [5, 5.41) is 3.10. The minimum absolute atomic E-state index is 0.0467. The first kappa shape index (κ1) is 24.9. The predicted molar refractivity (Wildman–Crippen MR) is 133 cm³/mol. The van der Waals surface area contributed by atoms with E-state index in [1.54, 1.807) is 42.5 Å². The van der Waals surface area contributed by atoms with E-state index >= 15 is 0 Å². The lowest BCUT2D eigenvalue weighted by Gasteiger charge is -2.26. The molecule has 0 aliphatic carbocycles. The average Bonchev–Trinajstić information content (AvgIpc) is 2.79. The van der Waals surface area contributed by atoms with Crippen molar-refractivity contribution >= 4 is 54.8 Å². The third-order valence-electron chi connectivity index (χ3n) is 4.76. The van der Waals surface area contributed by atoms with Gasteiger partial charge in [0, 0.05) is 16.2 Å². The molecule has 10 heteroatoms. The third kappa shape index (κ3) is 5.79. The Hall–Kier alpha value is -2.75. The molecule has 0 fully saturated rings. The van der Waals surface area contributed by atoms with Crippen molar-refractivity contribution in [2.24, 2.45) is 0 Å². The molecule has 0 saturated heterocycles. The lowest BCUT2D eigenvalue weighted by atomic mass is 10.2. The molecule has 0 spiro atoms. The van der Waals surface area contributed by atoms with Crippen LogP contribution in [0.15, 0.2) is 70.0 Å². The Morgan fingerprint density at radius 3 is 2.33 bits per heavy atom. The van der Waals surface area contributed by atoms with Gasteiger partial charge in [-0.1, -0.05) is 29.3 Å². The van der Waals surface area contributed by atoms with Crippen LogP contribution in [0.5, 0.6) is 11.5 Å². The molecule has 0 aliphatic heterocycles. The molecular formula is C23H22BrClN2O5S. The number of ether oxygens (including phenoxy) is 2. The van der Waals surface area contributed by atoms with Crippen molar-refractivity contribution in [3.05, 3.63) is 75.7 Å². The van der Waals surface area contributed by atoms with Crippen LogP contribution in [0.3, 0.4) is 0 Å². The number of anilines is 2. The Morgan fingerprint density at radius 1 is 1.03 bits per heavy atom. The van der Waals surface area contributed by atoms with Crippen LogP contribution in [0.25, 0.3) is 0 Å². The molecule has 1 N–H and O–H groups in total. The number of sulfonamides is 1. The monoisotopic (exact) mass is 552 g/mol. The summed E-state index contributed by atoms with van der Waals surface area (Å²) < 4.78 is 39.5. The highest BCUT2D eigenvalue weighted by Crippen LogP contribution is 2.35. The number of rotatable bonds is 8. The van der Waals surface area contributed by atoms with Crippen LogP contribution in [0.4, 0.5) is 11.4 Å². The van der Waals surface area contributed by atoms with Crippen molar-refractivity contribution in [3.63, 3.8) is 0 Å². The van der Waals surface area contributed by atoms with Crippen molar-refractivity contribution in [1.29, 1.82) is 0 Å². The van der Waals surface area contributed by atoms with E-state index in [9.17, 15) is 13.2 Å². The number of hydrogen-bond donors (Lipinski definition) is 1. The number of benzene rings is 3. The largest absolute Gasteiger partial charge is 0.497 e. The van der Waals surface area contributed by atoms with Crippen molar-refractivity contribution in [2.45, 2.75) is 11.8 Å². The Labute approximate surface area is 206 Å². The zero-order valence-corrected chi connectivity index (χ0v) is 21.3. The number of carbonyl (C=O) groups is 1. The summed E-state index contributed by atoms with van der Waals surface area (Å²) >= 11 is 9.39. The van der Waals surface area contributed by atoms with Crippen LogP contribution >= 0.6 is 27.5 Å². The third-order valence-corrected chi connectivity index (χ3v) is 7.76. The van der Waals surface area contributed by atoms with Gasteiger partial charge in [0.05, 0.1) is 29.8 Å². The molecule has 7 nitrogen and oxygen atoms in total. The highest BCUT2D eigenvalue weighted by atomic mass is 79.9. The summed E-state index contributed by atoms with van der Waals surface area (Å²) in [5.74, 6) is 0.170. The number of aryl methyl sites for hydroxylation is 1. The van der Waals surface area contributed by atoms with Gasteiger partial charge in [-0.3, -0.25) is 9.10 Å². The summed E-state index contributed by atoms with van der Waals surface area (Å²) in [6.45, 7) is 1.37. The standard InChI is InChI=1S/C23H22BrClN2O5S/c1-15-4-8-18(9-5-15)33(29,30)27(21-11-7-17(31-2)13-22(21)32-3)14-23(28)26-16-6-10-19(24)20(25)12-16/h4-13H,14H2,1-3H3,(H,26,28). The highest BCUT2D eigenvalue weighted by molar-refractivity contribution is 9.10. The van der Waals surface area contributed by atoms with Gasteiger partial charge in [-0.2, -0.15) is 0 Å². The minimum Gasteiger partial charge on any atom is -0.497 e. The number of nitrogens with one attached hydrogen (secondary N) is 1. The normalized spacial score (nSPS) is 11.1. The minimum atomic E-state index is -4.11. The Bertz CT molecular complexity index is 1270. The first-order valence-corrected chi connectivity index (χ1v) is 12.3. The second-order valence-corrected chi connectivity index (χ2v) is 10.2. The van der Waals surface area contributed by atoms with Gasteiger partial charge < -0.3 is 14.8 Å². The van der Waals surface area contributed by atoms with E-state index in [2.05, 4.69) is 21.2 Å². The summed E-state index contributed by atoms with van der Waals surface area (Å²) in [6.07, 6.45) is 0. The fourth-order valence-electron chi connectivity index (χ4n) is 3.03. The fraction of sp³-hybridized carbons (Fsp3) is 0.174. The number of halogens is 2. The first-order valence-electron chi connectivity index (χ1n) is 9.72. The van der Waals surface area contributed by atoms with E-state index in [0.717, 1.165) is 9.87 Å². The lowest BCUT2D eigenvalue weighted by molar-refractivity contribution is -0.114. The number of methoxy groups -OCH3 is 2. The first-order chi connectivity index (χ1) is 15.6. The van der Waals surface area contributed by atoms with E-state index in [0.29, 0.717) is 20.9 Å². The van der Waals surface area contributed by atoms with Crippen LogP contribution in [-0.4, -0.2) is 35.1 Å². The van der Waals surface area contributed by atoms with E-state index in [-0.39, 0.29) is 16.3 Å². The molecule has 0 saturated carbocycles. The summed E-state index contributed by atoms with van der Waals surface area (Å²) in [4.78, 5) is 13.0. The molecule has 0 heterocycles. The molecule has 0 aliphatic rings. The van der Waals surface area contributed by atoms with Crippen molar-refractivity contribution in [2.75, 3.05) is 30.4 Å².